The molecule has 0 amide bonds. The van der Waals surface area contributed by atoms with Gasteiger partial charge in [0, 0.05) is 11.8 Å². The number of Topliss-reactive ketones (excluding diaryl/α,β-unsaturated/α-hetero) is 1. The molecule has 0 aromatic carbocycles. The number of carbonyl (C=O) groups is 3. The van der Waals surface area contributed by atoms with Crippen LogP contribution in [-0.4, -0.2) is 29.7 Å². The van der Waals surface area contributed by atoms with Gasteiger partial charge in [0.2, 0.25) is 0 Å². The Hall–Kier alpha value is -1.53. The van der Waals surface area contributed by atoms with Crippen LogP contribution in [0, 0.1) is 29.1 Å². The molecule has 0 radical (unpaired) electrons. The minimum Gasteiger partial charge on any atom is -0.544 e. The van der Waals surface area contributed by atoms with E-state index in [2.05, 4.69) is 0 Å². The molecular formula is C17H21F2O5-. The number of esters is 1. The Labute approximate surface area is 138 Å². The quantitative estimate of drug-likeness (QED) is 0.703. The van der Waals surface area contributed by atoms with Crippen LogP contribution in [0.25, 0.3) is 0 Å². The molecule has 4 rings (SSSR count). The highest BCUT2D eigenvalue weighted by Crippen LogP contribution is 2.59. The van der Waals surface area contributed by atoms with Crippen LogP contribution in [0.5, 0.6) is 0 Å². The van der Waals surface area contributed by atoms with Crippen molar-refractivity contribution in [1.29, 1.82) is 0 Å². The molecule has 4 aliphatic rings. The zero-order valence-corrected chi connectivity index (χ0v) is 13.7. The van der Waals surface area contributed by atoms with Crippen LogP contribution in [0.1, 0.15) is 46.0 Å². The lowest BCUT2D eigenvalue weighted by Gasteiger charge is -2.54. The van der Waals surface area contributed by atoms with Crippen molar-refractivity contribution in [2.45, 2.75) is 58.0 Å². The zero-order chi connectivity index (χ0) is 17.9. The number of carboxylic acids is 1. The molecule has 4 fully saturated rings. The SMILES string of the molecule is CC(C)C(OC(=O)C12CC3CC(C1)C(=O)C(C3)C2)C(F)(F)C(=O)[O-]. The number of halogens is 2. The van der Waals surface area contributed by atoms with Crippen LogP contribution in [0.4, 0.5) is 8.78 Å². The molecule has 0 saturated heterocycles. The number of hydrogen-bond donors (Lipinski definition) is 0. The second kappa shape index (κ2) is 5.49. The van der Waals surface area contributed by atoms with E-state index in [9.17, 15) is 28.3 Å². The number of aliphatic carboxylic acids is 1. The fourth-order valence-corrected chi connectivity index (χ4v) is 4.98. The largest absolute Gasteiger partial charge is 0.544 e. The van der Waals surface area contributed by atoms with Gasteiger partial charge in [-0.25, -0.2) is 0 Å². The Bertz CT molecular complexity index is 568. The smallest absolute Gasteiger partial charge is 0.323 e. The first-order valence-corrected chi connectivity index (χ1v) is 8.41. The van der Waals surface area contributed by atoms with Gasteiger partial charge < -0.3 is 14.6 Å². The van der Waals surface area contributed by atoms with Gasteiger partial charge in [-0.1, -0.05) is 13.8 Å². The summed E-state index contributed by atoms with van der Waals surface area (Å²) in [5.41, 5.74) is -0.917. The van der Waals surface area contributed by atoms with Crippen molar-refractivity contribution in [1.82, 2.24) is 0 Å². The van der Waals surface area contributed by atoms with Crippen LogP contribution >= 0.6 is 0 Å². The van der Waals surface area contributed by atoms with Gasteiger partial charge in [0.15, 0.2) is 6.10 Å². The minimum absolute atomic E-state index is 0.176. The summed E-state index contributed by atoms with van der Waals surface area (Å²) in [7, 11) is 0. The lowest BCUT2D eigenvalue weighted by molar-refractivity contribution is -0.338. The van der Waals surface area contributed by atoms with Gasteiger partial charge >= 0.3 is 11.9 Å². The van der Waals surface area contributed by atoms with E-state index in [-0.39, 0.29) is 23.5 Å². The molecule has 4 bridgehead atoms. The normalized spacial score (nSPS) is 36.0. The van der Waals surface area contributed by atoms with Crippen LogP contribution in [-0.2, 0) is 19.1 Å². The molecule has 0 aliphatic heterocycles. The fraction of sp³-hybridized carbons (Fsp3) is 0.824. The molecule has 3 unspecified atom stereocenters. The first-order valence-electron chi connectivity index (χ1n) is 8.41. The van der Waals surface area contributed by atoms with E-state index in [1.54, 1.807) is 0 Å². The van der Waals surface area contributed by atoms with Crippen LogP contribution < -0.4 is 5.11 Å². The van der Waals surface area contributed by atoms with Crippen molar-refractivity contribution in [2.24, 2.45) is 29.1 Å². The predicted octanol–water partition coefficient (Wildman–Crippen LogP) is 1.33. The minimum atomic E-state index is -4.25. The molecule has 3 atom stereocenters. The number of ether oxygens (including phenoxy) is 1. The lowest BCUT2D eigenvalue weighted by Crippen LogP contribution is -2.58. The van der Waals surface area contributed by atoms with Crippen molar-refractivity contribution in [3.05, 3.63) is 0 Å². The molecule has 4 aliphatic carbocycles. The third-order valence-electron chi connectivity index (χ3n) is 5.90. The Balaban J connectivity index is 1.81. The van der Waals surface area contributed by atoms with Gasteiger partial charge in [-0.05, 0) is 43.9 Å². The summed E-state index contributed by atoms with van der Waals surface area (Å²) >= 11 is 0. The maximum atomic E-state index is 13.9. The van der Waals surface area contributed by atoms with Gasteiger partial charge in [-0.3, -0.25) is 9.59 Å². The first-order chi connectivity index (χ1) is 11.1. The van der Waals surface area contributed by atoms with Gasteiger partial charge in [0.05, 0.1) is 5.41 Å². The Morgan fingerprint density at radius 3 is 2.21 bits per heavy atom. The summed E-state index contributed by atoms with van der Waals surface area (Å²) in [6.45, 7) is 2.75. The van der Waals surface area contributed by atoms with Crippen molar-refractivity contribution in [3.63, 3.8) is 0 Å². The van der Waals surface area contributed by atoms with Gasteiger partial charge in [-0.2, -0.15) is 8.78 Å². The van der Waals surface area contributed by atoms with Gasteiger partial charge in [0.1, 0.15) is 11.8 Å². The molecule has 0 aromatic rings. The van der Waals surface area contributed by atoms with Crippen molar-refractivity contribution in [2.75, 3.05) is 0 Å². The number of carboxylic acid groups (broad SMARTS) is 1. The van der Waals surface area contributed by atoms with Crippen molar-refractivity contribution in [3.8, 4) is 0 Å². The molecule has 24 heavy (non-hydrogen) atoms. The average molecular weight is 343 g/mol. The number of hydrogen-bond acceptors (Lipinski definition) is 5. The van der Waals surface area contributed by atoms with E-state index in [1.165, 1.54) is 13.8 Å². The molecule has 134 valence electrons. The summed E-state index contributed by atoms with van der Waals surface area (Å²) in [6.07, 6.45) is 0.645. The predicted molar refractivity (Wildman–Crippen MR) is 75.7 cm³/mol. The molecule has 0 heterocycles. The number of alkyl halides is 2. The second-order valence-corrected chi connectivity index (χ2v) is 8.01. The molecule has 5 nitrogen and oxygen atoms in total. The van der Waals surface area contributed by atoms with Crippen molar-refractivity contribution < 1.29 is 33.0 Å². The topological polar surface area (TPSA) is 83.5 Å². The molecule has 0 aromatic heterocycles. The van der Waals surface area contributed by atoms with Crippen molar-refractivity contribution >= 4 is 17.7 Å². The van der Waals surface area contributed by atoms with Crippen LogP contribution in [0.2, 0.25) is 0 Å². The summed E-state index contributed by atoms with van der Waals surface area (Å²) in [4.78, 5) is 35.6. The van der Waals surface area contributed by atoms with E-state index in [1.807, 2.05) is 0 Å². The lowest BCUT2D eigenvalue weighted by atomic mass is 9.49. The van der Waals surface area contributed by atoms with Crippen LogP contribution in [0.15, 0.2) is 0 Å². The second-order valence-electron chi connectivity index (χ2n) is 8.01. The van der Waals surface area contributed by atoms with Crippen LogP contribution in [0.3, 0.4) is 0 Å². The summed E-state index contributed by atoms with van der Waals surface area (Å²) in [5, 5.41) is 10.7. The summed E-state index contributed by atoms with van der Waals surface area (Å²) < 4.78 is 32.8. The summed E-state index contributed by atoms with van der Waals surface area (Å²) in [6, 6.07) is 0. The maximum absolute atomic E-state index is 13.9. The fourth-order valence-electron chi connectivity index (χ4n) is 4.98. The molecular weight excluding hydrogens is 322 g/mol. The molecule has 7 heteroatoms. The Morgan fingerprint density at radius 1 is 1.21 bits per heavy atom. The van der Waals surface area contributed by atoms with Gasteiger partial charge in [-0.15, -0.1) is 0 Å². The number of rotatable bonds is 5. The standard InChI is InChI=1S/C17H22F2O5/c1-8(2)13(17(18,19)14(21)22)24-15(23)16-5-9-3-10(6-16)12(20)11(4-9)7-16/h8-11,13H,3-7H2,1-2H3,(H,21,22)/p-1. The van der Waals surface area contributed by atoms with E-state index in [4.69, 9.17) is 4.74 Å². The highest BCUT2D eigenvalue weighted by atomic mass is 19.3. The number of carbonyl (C=O) groups excluding carboxylic acids is 3. The zero-order valence-electron chi connectivity index (χ0n) is 13.7. The molecule has 4 saturated carbocycles. The van der Waals surface area contributed by atoms with E-state index >= 15 is 0 Å². The average Bonchev–Trinajstić information content (AvgIpc) is 2.48. The highest BCUT2D eigenvalue weighted by Gasteiger charge is 2.60. The highest BCUT2D eigenvalue weighted by molar-refractivity contribution is 5.90. The molecule has 0 spiro atoms. The third-order valence-corrected chi connectivity index (χ3v) is 5.90. The summed E-state index contributed by atoms with van der Waals surface area (Å²) in [5.74, 6) is -8.42. The Kier molecular flexibility index (Phi) is 3.96. The number of ketones is 1. The Morgan fingerprint density at radius 2 is 1.75 bits per heavy atom. The molecule has 0 N–H and O–H groups in total. The van der Waals surface area contributed by atoms with E-state index < -0.39 is 35.3 Å². The monoisotopic (exact) mass is 343 g/mol. The first kappa shape index (κ1) is 17.3. The maximum Gasteiger partial charge on any atom is 0.323 e. The van der Waals surface area contributed by atoms with Gasteiger partial charge in [0.25, 0.3) is 0 Å². The van der Waals surface area contributed by atoms with E-state index in [0.29, 0.717) is 19.3 Å². The third kappa shape index (κ3) is 2.52. The van der Waals surface area contributed by atoms with E-state index in [0.717, 1.165) is 12.8 Å².